The summed E-state index contributed by atoms with van der Waals surface area (Å²) in [6.07, 6.45) is 3.55. The van der Waals surface area contributed by atoms with Gasteiger partial charge in [-0.2, -0.15) is 0 Å². The van der Waals surface area contributed by atoms with Gasteiger partial charge in [-0.25, -0.2) is 9.97 Å². The standard InChI is InChI=1S/C23H24N6O2S2/c1-13-5-3-6-15(11-13)19-17(27-22(24)33-19)21(31)28-8-4-7-16(28)12-25-20(30)18-14(2)26-23-29(18)9-10-32-23/h3,5-6,9-11,16H,4,7-8,12H2,1-2H3,(H2,24,27)(H,25,30)/t16-/m0/s1. The van der Waals surface area contributed by atoms with Crippen molar-refractivity contribution in [3.63, 3.8) is 0 Å². The lowest BCUT2D eigenvalue weighted by Gasteiger charge is -2.24. The topological polar surface area (TPSA) is 106 Å². The number of nitrogens with zero attached hydrogens (tertiary/aromatic N) is 4. The number of hydrogen-bond donors (Lipinski definition) is 2. The molecule has 0 aliphatic carbocycles. The van der Waals surface area contributed by atoms with Crippen LogP contribution in [0.5, 0.6) is 0 Å². The van der Waals surface area contributed by atoms with Crippen molar-refractivity contribution in [3.8, 4) is 10.4 Å². The van der Waals surface area contributed by atoms with Crippen molar-refractivity contribution in [2.24, 2.45) is 0 Å². The quantitative estimate of drug-likeness (QED) is 0.453. The highest BCUT2D eigenvalue weighted by molar-refractivity contribution is 7.19. The number of aromatic nitrogens is 3. The Bertz CT molecular complexity index is 1350. The summed E-state index contributed by atoms with van der Waals surface area (Å²) in [5.74, 6) is -0.326. The molecular formula is C23H24N6O2S2. The highest BCUT2D eigenvalue weighted by Gasteiger charge is 2.33. The summed E-state index contributed by atoms with van der Waals surface area (Å²) >= 11 is 2.82. The normalized spacial score (nSPS) is 15.9. The molecule has 0 spiro atoms. The number of imidazole rings is 1. The number of nitrogens with two attached hydrogens (primary N) is 1. The number of amides is 2. The van der Waals surface area contributed by atoms with Crippen LogP contribution in [0, 0.1) is 13.8 Å². The molecule has 1 aromatic carbocycles. The van der Waals surface area contributed by atoms with E-state index >= 15 is 0 Å². The van der Waals surface area contributed by atoms with Crippen LogP contribution in [0.2, 0.25) is 0 Å². The molecule has 4 heterocycles. The van der Waals surface area contributed by atoms with Gasteiger partial charge in [0.15, 0.2) is 10.1 Å². The van der Waals surface area contributed by atoms with Gasteiger partial charge in [-0.15, -0.1) is 11.3 Å². The van der Waals surface area contributed by atoms with E-state index in [4.69, 9.17) is 5.73 Å². The Morgan fingerprint density at radius 2 is 2.12 bits per heavy atom. The zero-order valence-electron chi connectivity index (χ0n) is 18.4. The molecule has 1 aliphatic rings. The van der Waals surface area contributed by atoms with E-state index < -0.39 is 0 Å². The third kappa shape index (κ3) is 4.00. The minimum atomic E-state index is -0.184. The monoisotopic (exact) mass is 480 g/mol. The molecule has 4 aromatic rings. The Kier molecular flexibility index (Phi) is 5.63. The maximum absolute atomic E-state index is 13.5. The predicted octanol–water partition coefficient (Wildman–Crippen LogP) is 3.75. The average molecular weight is 481 g/mol. The summed E-state index contributed by atoms with van der Waals surface area (Å²) in [7, 11) is 0. The number of thiazole rings is 2. The van der Waals surface area contributed by atoms with Crippen LogP contribution in [-0.4, -0.2) is 50.2 Å². The van der Waals surface area contributed by atoms with Crippen molar-refractivity contribution in [1.29, 1.82) is 0 Å². The minimum absolute atomic E-state index is 0.0964. The van der Waals surface area contributed by atoms with E-state index in [1.807, 2.05) is 54.6 Å². The van der Waals surface area contributed by atoms with E-state index in [1.165, 1.54) is 22.7 Å². The van der Waals surface area contributed by atoms with Crippen LogP contribution in [0.4, 0.5) is 5.13 Å². The molecule has 3 aromatic heterocycles. The van der Waals surface area contributed by atoms with Gasteiger partial charge < -0.3 is 16.0 Å². The lowest BCUT2D eigenvalue weighted by atomic mass is 10.1. The van der Waals surface area contributed by atoms with Gasteiger partial charge in [0.05, 0.1) is 10.6 Å². The highest BCUT2D eigenvalue weighted by Crippen LogP contribution is 2.34. The van der Waals surface area contributed by atoms with Gasteiger partial charge in [0, 0.05) is 30.7 Å². The molecule has 170 valence electrons. The molecule has 0 bridgehead atoms. The summed E-state index contributed by atoms with van der Waals surface area (Å²) < 4.78 is 1.80. The van der Waals surface area contributed by atoms with Crippen LogP contribution in [0.1, 0.15) is 45.1 Å². The van der Waals surface area contributed by atoms with Crippen molar-refractivity contribution in [3.05, 3.63) is 58.5 Å². The first-order chi connectivity index (χ1) is 15.9. The molecule has 2 amide bonds. The second-order valence-corrected chi connectivity index (χ2v) is 10.1. The minimum Gasteiger partial charge on any atom is -0.375 e. The second kappa shape index (κ2) is 8.60. The van der Waals surface area contributed by atoms with Gasteiger partial charge in [-0.1, -0.05) is 41.2 Å². The lowest BCUT2D eigenvalue weighted by molar-refractivity contribution is 0.0720. The number of carbonyl (C=O) groups is 2. The predicted molar refractivity (Wildman–Crippen MR) is 131 cm³/mol. The summed E-state index contributed by atoms with van der Waals surface area (Å²) in [4.78, 5) is 38.6. The molecule has 0 saturated carbocycles. The van der Waals surface area contributed by atoms with E-state index in [0.29, 0.717) is 35.3 Å². The molecule has 1 saturated heterocycles. The number of fused-ring (bicyclic) bond motifs is 1. The maximum atomic E-state index is 13.5. The fourth-order valence-electron chi connectivity index (χ4n) is 4.38. The van der Waals surface area contributed by atoms with Gasteiger partial charge in [0.1, 0.15) is 11.4 Å². The van der Waals surface area contributed by atoms with Gasteiger partial charge in [0.25, 0.3) is 11.8 Å². The van der Waals surface area contributed by atoms with Crippen LogP contribution in [0.3, 0.4) is 0 Å². The second-order valence-electron chi connectivity index (χ2n) is 8.21. The molecule has 8 nitrogen and oxygen atoms in total. The summed E-state index contributed by atoms with van der Waals surface area (Å²) in [5, 5.41) is 5.29. The zero-order chi connectivity index (χ0) is 23.1. The molecular weight excluding hydrogens is 456 g/mol. The van der Waals surface area contributed by atoms with Crippen LogP contribution in [0.25, 0.3) is 15.4 Å². The first-order valence-corrected chi connectivity index (χ1v) is 12.5. The first-order valence-electron chi connectivity index (χ1n) is 10.8. The Morgan fingerprint density at radius 3 is 2.94 bits per heavy atom. The summed E-state index contributed by atoms with van der Waals surface area (Å²) in [5.41, 5.74) is 9.66. The van der Waals surface area contributed by atoms with Crippen LogP contribution >= 0.6 is 22.7 Å². The van der Waals surface area contributed by atoms with Crippen molar-refractivity contribution >= 4 is 44.6 Å². The molecule has 5 rings (SSSR count). The van der Waals surface area contributed by atoms with Crippen LogP contribution < -0.4 is 11.1 Å². The molecule has 33 heavy (non-hydrogen) atoms. The van der Waals surface area contributed by atoms with Crippen molar-refractivity contribution in [1.82, 2.24) is 24.6 Å². The van der Waals surface area contributed by atoms with Crippen molar-refractivity contribution in [2.75, 3.05) is 18.8 Å². The largest absolute Gasteiger partial charge is 0.375 e. The fourth-order valence-corrected chi connectivity index (χ4v) is 5.96. The van der Waals surface area contributed by atoms with Crippen molar-refractivity contribution in [2.45, 2.75) is 32.7 Å². The molecule has 1 atom stereocenters. The van der Waals surface area contributed by atoms with Gasteiger partial charge in [-0.3, -0.25) is 14.0 Å². The Balaban J connectivity index is 1.34. The highest BCUT2D eigenvalue weighted by atomic mass is 32.1. The van der Waals surface area contributed by atoms with E-state index in [1.54, 1.807) is 4.40 Å². The summed E-state index contributed by atoms with van der Waals surface area (Å²) in [6.45, 7) is 4.85. The Morgan fingerprint density at radius 1 is 1.27 bits per heavy atom. The number of hydrogen-bond acceptors (Lipinski definition) is 7. The number of aryl methyl sites for hydroxylation is 2. The number of carbonyl (C=O) groups excluding carboxylic acids is 2. The van der Waals surface area contributed by atoms with Gasteiger partial charge in [-0.05, 0) is 32.3 Å². The van der Waals surface area contributed by atoms with E-state index in [0.717, 1.165) is 33.8 Å². The molecule has 10 heteroatoms. The number of nitrogen functional groups attached to an aromatic ring is 1. The first kappa shape index (κ1) is 21.6. The zero-order valence-corrected chi connectivity index (χ0v) is 20.0. The number of rotatable bonds is 5. The molecule has 3 N–H and O–H groups in total. The van der Waals surface area contributed by atoms with Gasteiger partial charge >= 0.3 is 0 Å². The van der Waals surface area contributed by atoms with E-state index in [9.17, 15) is 9.59 Å². The van der Waals surface area contributed by atoms with E-state index in [-0.39, 0.29) is 17.9 Å². The maximum Gasteiger partial charge on any atom is 0.274 e. The van der Waals surface area contributed by atoms with Gasteiger partial charge in [0.2, 0.25) is 0 Å². The summed E-state index contributed by atoms with van der Waals surface area (Å²) in [6, 6.07) is 7.88. The molecule has 1 aliphatic heterocycles. The lowest BCUT2D eigenvalue weighted by Crippen LogP contribution is -2.43. The van der Waals surface area contributed by atoms with Crippen LogP contribution in [-0.2, 0) is 0 Å². The van der Waals surface area contributed by atoms with Crippen LogP contribution in [0.15, 0.2) is 35.8 Å². The Hall–Kier alpha value is -3.24. The third-order valence-electron chi connectivity index (χ3n) is 5.91. The number of likely N-dealkylation sites (tertiary alicyclic amines) is 1. The molecule has 0 radical (unpaired) electrons. The number of benzene rings is 1. The number of nitrogens with one attached hydrogen (secondary N) is 1. The molecule has 0 unspecified atom stereocenters. The smallest absolute Gasteiger partial charge is 0.274 e. The van der Waals surface area contributed by atoms with E-state index in [2.05, 4.69) is 15.3 Å². The Labute approximate surface area is 199 Å². The SMILES string of the molecule is Cc1cccc(-c2sc(N)nc2C(=O)N2CCC[C@H]2CNC(=O)c2c(C)nc3sccn23)c1. The van der Waals surface area contributed by atoms with Crippen molar-refractivity contribution < 1.29 is 9.59 Å². The third-order valence-corrected chi connectivity index (χ3v) is 7.60. The fraction of sp³-hybridized carbons (Fsp3) is 0.304. The molecule has 1 fully saturated rings. The average Bonchev–Trinajstić information content (AvgIpc) is 3.55. The number of anilines is 1.